The summed E-state index contributed by atoms with van der Waals surface area (Å²) in [6.45, 7) is 6.85. The molecule has 2 amide bonds. The van der Waals surface area contributed by atoms with Crippen LogP contribution in [0, 0.1) is 5.92 Å². The summed E-state index contributed by atoms with van der Waals surface area (Å²) in [4.78, 5) is 30.9. The zero-order chi connectivity index (χ0) is 29.0. The third kappa shape index (κ3) is 8.66. The van der Waals surface area contributed by atoms with Crippen LogP contribution < -0.4 is 0 Å². The minimum Gasteiger partial charge on any atom is -0.383 e. The summed E-state index contributed by atoms with van der Waals surface area (Å²) < 4.78 is 7.50. The van der Waals surface area contributed by atoms with Crippen molar-refractivity contribution in [1.82, 2.24) is 14.4 Å². The van der Waals surface area contributed by atoms with Gasteiger partial charge in [0.2, 0.25) is 5.91 Å². The molecular formula is C35H41N3O3. The number of benzene rings is 3. The summed E-state index contributed by atoms with van der Waals surface area (Å²) in [5, 5.41) is 0. The van der Waals surface area contributed by atoms with Crippen molar-refractivity contribution in [3.8, 4) is 11.1 Å². The molecule has 3 aromatic carbocycles. The maximum absolute atomic E-state index is 13.7. The molecule has 0 N–H and O–H groups in total. The lowest BCUT2D eigenvalue weighted by Gasteiger charge is -2.28. The molecule has 0 unspecified atom stereocenters. The van der Waals surface area contributed by atoms with E-state index in [9.17, 15) is 9.59 Å². The number of hydrogen-bond acceptors (Lipinski definition) is 3. The van der Waals surface area contributed by atoms with Gasteiger partial charge in [0, 0.05) is 44.2 Å². The Bertz CT molecular complexity index is 1360. The minimum absolute atomic E-state index is 0.0229. The van der Waals surface area contributed by atoms with Crippen LogP contribution in [-0.2, 0) is 22.6 Å². The highest BCUT2D eigenvalue weighted by molar-refractivity contribution is 5.97. The molecule has 4 aromatic rings. The van der Waals surface area contributed by atoms with Crippen molar-refractivity contribution >= 4 is 11.8 Å². The van der Waals surface area contributed by atoms with Crippen LogP contribution in [0.15, 0.2) is 103 Å². The second-order valence-electron chi connectivity index (χ2n) is 10.8. The summed E-state index contributed by atoms with van der Waals surface area (Å²) in [5.74, 6) is 0.192. The van der Waals surface area contributed by atoms with Crippen LogP contribution in [0.5, 0.6) is 0 Å². The molecule has 0 spiro atoms. The molecule has 0 aliphatic heterocycles. The van der Waals surface area contributed by atoms with Gasteiger partial charge in [-0.1, -0.05) is 86.6 Å². The van der Waals surface area contributed by atoms with Crippen LogP contribution in [0.3, 0.4) is 0 Å². The Morgan fingerprint density at radius 3 is 2.10 bits per heavy atom. The number of nitrogens with zero attached hydrogens (tertiary/aromatic N) is 3. The van der Waals surface area contributed by atoms with Gasteiger partial charge < -0.3 is 19.1 Å². The zero-order valence-electron chi connectivity index (χ0n) is 24.4. The lowest BCUT2D eigenvalue weighted by atomic mass is 10.0. The summed E-state index contributed by atoms with van der Waals surface area (Å²) >= 11 is 0. The van der Waals surface area contributed by atoms with E-state index in [1.165, 1.54) is 5.56 Å². The topological polar surface area (TPSA) is 54.8 Å². The highest BCUT2D eigenvalue weighted by Crippen LogP contribution is 2.20. The number of aromatic nitrogens is 1. The average molecular weight is 552 g/mol. The van der Waals surface area contributed by atoms with Gasteiger partial charge in [0.25, 0.3) is 5.91 Å². The Kier molecular flexibility index (Phi) is 10.9. The van der Waals surface area contributed by atoms with Crippen LogP contribution in [0.25, 0.3) is 11.1 Å². The fourth-order valence-electron chi connectivity index (χ4n) is 4.76. The summed E-state index contributed by atoms with van der Waals surface area (Å²) in [7, 11) is 1.64. The van der Waals surface area contributed by atoms with Crippen molar-refractivity contribution in [3.05, 3.63) is 120 Å². The van der Waals surface area contributed by atoms with E-state index in [0.717, 1.165) is 29.8 Å². The van der Waals surface area contributed by atoms with Gasteiger partial charge in [-0.25, -0.2) is 0 Å². The third-order valence-corrected chi connectivity index (χ3v) is 7.22. The first-order valence-corrected chi connectivity index (χ1v) is 14.3. The fourth-order valence-corrected chi connectivity index (χ4v) is 4.76. The molecule has 0 fully saturated rings. The van der Waals surface area contributed by atoms with E-state index < -0.39 is 0 Å². The van der Waals surface area contributed by atoms with E-state index in [4.69, 9.17) is 4.74 Å². The van der Waals surface area contributed by atoms with Crippen LogP contribution >= 0.6 is 0 Å². The van der Waals surface area contributed by atoms with E-state index in [1.807, 2.05) is 79.0 Å². The Labute approximate surface area is 244 Å². The van der Waals surface area contributed by atoms with Gasteiger partial charge in [-0.2, -0.15) is 0 Å². The van der Waals surface area contributed by atoms with Crippen LogP contribution in [-0.4, -0.2) is 59.5 Å². The number of ether oxygens (including phenoxy) is 1. The lowest BCUT2D eigenvalue weighted by molar-refractivity contribution is -0.133. The molecule has 0 atom stereocenters. The van der Waals surface area contributed by atoms with Gasteiger partial charge in [-0.05, 0) is 53.3 Å². The van der Waals surface area contributed by atoms with E-state index in [2.05, 4.69) is 42.7 Å². The Morgan fingerprint density at radius 2 is 1.44 bits per heavy atom. The standard InChI is InChI=1S/C35H41N3O3/c1-28(2)20-22-38(35(40)32-18-16-31(17-19-32)30-13-8-5-9-14-30)27-34(39)37(23-24-41-3)26-33-15-10-21-36(33)25-29-11-6-4-7-12-29/h4-19,21,28H,20,22-27H2,1-3H3. The van der Waals surface area contributed by atoms with Crippen LogP contribution in [0.4, 0.5) is 0 Å². The summed E-state index contributed by atoms with van der Waals surface area (Å²) in [6, 6.07) is 32.1. The maximum Gasteiger partial charge on any atom is 0.254 e. The van der Waals surface area contributed by atoms with Gasteiger partial charge >= 0.3 is 0 Å². The van der Waals surface area contributed by atoms with Crippen molar-refractivity contribution in [2.24, 2.45) is 5.92 Å². The molecule has 0 saturated heterocycles. The van der Waals surface area contributed by atoms with Gasteiger partial charge in [0.1, 0.15) is 6.54 Å². The van der Waals surface area contributed by atoms with E-state index >= 15 is 0 Å². The normalized spacial score (nSPS) is 11.0. The van der Waals surface area contributed by atoms with Gasteiger partial charge in [0.05, 0.1) is 13.2 Å². The molecule has 0 saturated carbocycles. The van der Waals surface area contributed by atoms with Crippen molar-refractivity contribution in [2.45, 2.75) is 33.4 Å². The summed E-state index contributed by atoms with van der Waals surface area (Å²) in [6.07, 6.45) is 2.86. The molecule has 214 valence electrons. The zero-order valence-corrected chi connectivity index (χ0v) is 24.4. The van der Waals surface area contributed by atoms with Crippen LogP contribution in [0.2, 0.25) is 0 Å². The Morgan fingerprint density at radius 1 is 0.780 bits per heavy atom. The first-order valence-electron chi connectivity index (χ1n) is 14.3. The van der Waals surface area contributed by atoms with E-state index in [1.54, 1.807) is 16.9 Å². The van der Waals surface area contributed by atoms with Crippen molar-refractivity contribution in [3.63, 3.8) is 0 Å². The summed E-state index contributed by atoms with van der Waals surface area (Å²) in [5.41, 5.74) is 4.97. The Hall–Kier alpha value is -4.16. The molecule has 4 rings (SSSR count). The second kappa shape index (κ2) is 15.0. The molecule has 0 bridgehead atoms. The number of carbonyl (C=O) groups excluding carboxylic acids is 2. The van der Waals surface area contributed by atoms with Crippen LogP contribution in [0.1, 0.15) is 41.9 Å². The molecule has 6 nitrogen and oxygen atoms in total. The van der Waals surface area contributed by atoms with Gasteiger partial charge in [0.15, 0.2) is 0 Å². The largest absolute Gasteiger partial charge is 0.383 e. The van der Waals surface area contributed by atoms with E-state index in [-0.39, 0.29) is 18.4 Å². The number of amides is 2. The predicted octanol–water partition coefficient (Wildman–Crippen LogP) is 6.37. The number of methoxy groups -OCH3 is 1. The molecule has 0 aliphatic carbocycles. The van der Waals surface area contributed by atoms with Gasteiger partial charge in [-0.15, -0.1) is 0 Å². The minimum atomic E-state index is -0.127. The monoisotopic (exact) mass is 551 g/mol. The first-order chi connectivity index (χ1) is 19.9. The Balaban J connectivity index is 1.50. The maximum atomic E-state index is 13.7. The molecule has 6 heteroatoms. The van der Waals surface area contributed by atoms with Crippen molar-refractivity contribution < 1.29 is 14.3 Å². The molecular weight excluding hydrogens is 510 g/mol. The number of rotatable bonds is 14. The molecule has 0 radical (unpaired) electrons. The molecule has 41 heavy (non-hydrogen) atoms. The van der Waals surface area contributed by atoms with E-state index in [0.29, 0.717) is 37.7 Å². The predicted molar refractivity (Wildman–Crippen MR) is 165 cm³/mol. The molecule has 1 aromatic heterocycles. The number of carbonyl (C=O) groups is 2. The third-order valence-electron chi connectivity index (χ3n) is 7.22. The lowest BCUT2D eigenvalue weighted by Crippen LogP contribution is -2.44. The fraction of sp³-hybridized carbons (Fsp3) is 0.314. The van der Waals surface area contributed by atoms with Crippen molar-refractivity contribution in [2.75, 3.05) is 33.4 Å². The SMILES string of the molecule is COCCN(Cc1cccn1Cc1ccccc1)C(=O)CN(CCC(C)C)C(=O)c1ccc(-c2ccccc2)cc1. The highest BCUT2D eigenvalue weighted by Gasteiger charge is 2.23. The number of hydrogen-bond donors (Lipinski definition) is 0. The second-order valence-corrected chi connectivity index (χ2v) is 10.8. The quantitative estimate of drug-likeness (QED) is 0.183. The smallest absolute Gasteiger partial charge is 0.254 e. The highest BCUT2D eigenvalue weighted by atomic mass is 16.5. The average Bonchev–Trinajstić information content (AvgIpc) is 3.44. The first kappa shape index (κ1) is 29.8. The molecule has 0 aliphatic rings. The molecule has 1 heterocycles. The van der Waals surface area contributed by atoms with Gasteiger partial charge in [-0.3, -0.25) is 9.59 Å². The van der Waals surface area contributed by atoms with Crippen molar-refractivity contribution in [1.29, 1.82) is 0 Å².